The maximum Gasteiger partial charge on any atom is 0.246 e. The number of rotatable bonds is 9. The highest BCUT2D eigenvalue weighted by Crippen LogP contribution is 2.20. The largest absolute Gasteiger partial charge is 0.497 e. The number of para-hydroxylation sites is 1. The first-order valence-corrected chi connectivity index (χ1v) is 10.3. The minimum absolute atomic E-state index is 0.118. The number of ether oxygens (including phenoxy) is 1. The molecule has 1 amide bonds. The number of nitrogens with one attached hydrogen (secondary N) is 3. The lowest BCUT2D eigenvalue weighted by Gasteiger charge is -2.21. The van der Waals surface area contributed by atoms with Gasteiger partial charge in [-0.25, -0.2) is 4.98 Å². The molecule has 162 valence electrons. The molecule has 0 aliphatic carbocycles. The molecule has 0 aliphatic rings. The highest BCUT2D eigenvalue weighted by Gasteiger charge is 2.21. The molecule has 0 bridgehead atoms. The molecule has 0 radical (unpaired) electrons. The summed E-state index contributed by atoms with van der Waals surface area (Å²) in [5.41, 5.74) is 2.41. The number of methoxy groups -OCH3 is 1. The summed E-state index contributed by atoms with van der Waals surface area (Å²) in [7, 11) is 1.61. The van der Waals surface area contributed by atoms with Crippen LogP contribution in [0.5, 0.6) is 5.75 Å². The molecule has 0 unspecified atom stereocenters. The van der Waals surface area contributed by atoms with E-state index in [9.17, 15) is 4.79 Å². The SMILES string of the molecule is COc1ccc(NC(=O)[C@H](CC(C)C)Nc2cc(C)nc(Nc3ccccc3)n2)cc1. The van der Waals surface area contributed by atoms with Crippen LogP contribution in [0.4, 0.5) is 23.1 Å². The van der Waals surface area contributed by atoms with Crippen molar-refractivity contribution in [3.63, 3.8) is 0 Å². The molecule has 0 saturated heterocycles. The van der Waals surface area contributed by atoms with Gasteiger partial charge in [-0.2, -0.15) is 4.98 Å². The lowest BCUT2D eigenvalue weighted by molar-refractivity contribution is -0.117. The Kier molecular flexibility index (Phi) is 7.43. The van der Waals surface area contributed by atoms with Gasteiger partial charge in [-0.1, -0.05) is 32.0 Å². The molecule has 1 aromatic heterocycles. The molecule has 3 N–H and O–H groups in total. The fourth-order valence-electron chi connectivity index (χ4n) is 3.13. The average molecular weight is 420 g/mol. The van der Waals surface area contributed by atoms with Crippen molar-refractivity contribution in [2.45, 2.75) is 33.2 Å². The van der Waals surface area contributed by atoms with Gasteiger partial charge in [-0.05, 0) is 55.7 Å². The van der Waals surface area contributed by atoms with Crippen LogP contribution in [-0.4, -0.2) is 29.0 Å². The summed E-state index contributed by atoms with van der Waals surface area (Å²) in [4.78, 5) is 22.0. The molecule has 0 spiro atoms. The zero-order chi connectivity index (χ0) is 22.2. The van der Waals surface area contributed by atoms with Gasteiger partial charge in [0.05, 0.1) is 7.11 Å². The van der Waals surface area contributed by atoms with E-state index >= 15 is 0 Å². The maximum absolute atomic E-state index is 13.0. The number of amides is 1. The number of anilines is 4. The third-order valence-electron chi connectivity index (χ3n) is 4.59. The monoisotopic (exact) mass is 419 g/mol. The minimum atomic E-state index is -0.444. The van der Waals surface area contributed by atoms with Crippen LogP contribution in [0.1, 0.15) is 26.0 Å². The Labute approximate surface area is 183 Å². The van der Waals surface area contributed by atoms with Crippen LogP contribution in [0.3, 0.4) is 0 Å². The van der Waals surface area contributed by atoms with Gasteiger partial charge in [-0.15, -0.1) is 0 Å². The lowest BCUT2D eigenvalue weighted by atomic mass is 10.0. The second-order valence-corrected chi connectivity index (χ2v) is 7.75. The average Bonchev–Trinajstić information content (AvgIpc) is 2.74. The third-order valence-corrected chi connectivity index (χ3v) is 4.59. The van der Waals surface area contributed by atoms with Gasteiger partial charge >= 0.3 is 0 Å². The Hall–Kier alpha value is -3.61. The first-order chi connectivity index (χ1) is 14.9. The van der Waals surface area contributed by atoms with Crippen LogP contribution < -0.4 is 20.7 Å². The Morgan fingerprint density at radius 1 is 1.00 bits per heavy atom. The van der Waals surface area contributed by atoms with E-state index in [1.54, 1.807) is 7.11 Å². The highest BCUT2D eigenvalue weighted by atomic mass is 16.5. The number of hydrogen-bond donors (Lipinski definition) is 3. The van der Waals surface area contributed by atoms with Gasteiger partial charge in [0.25, 0.3) is 0 Å². The van der Waals surface area contributed by atoms with Gasteiger partial charge in [0.1, 0.15) is 17.6 Å². The second kappa shape index (κ2) is 10.4. The molecule has 7 nitrogen and oxygen atoms in total. The Morgan fingerprint density at radius 3 is 2.35 bits per heavy atom. The summed E-state index contributed by atoms with van der Waals surface area (Å²) >= 11 is 0. The molecule has 0 saturated carbocycles. The van der Waals surface area contributed by atoms with Crippen molar-refractivity contribution in [3.05, 3.63) is 66.4 Å². The molecule has 0 aliphatic heterocycles. The summed E-state index contributed by atoms with van der Waals surface area (Å²) in [6.07, 6.45) is 0.659. The molecular weight excluding hydrogens is 390 g/mol. The molecule has 0 fully saturated rings. The van der Waals surface area contributed by atoms with Crippen molar-refractivity contribution in [2.24, 2.45) is 5.92 Å². The van der Waals surface area contributed by atoms with Crippen LogP contribution >= 0.6 is 0 Å². The van der Waals surface area contributed by atoms with Gasteiger partial charge in [0.2, 0.25) is 11.9 Å². The van der Waals surface area contributed by atoms with Crippen molar-refractivity contribution >= 4 is 29.0 Å². The summed E-state index contributed by atoms with van der Waals surface area (Å²) in [5.74, 6) is 2.02. The molecule has 1 atom stereocenters. The lowest BCUT2D eigenvalue weighted by Crippen LogP contribution is -2.36. The predicted octanol–water partition coefficient (Wildman–Crippen LogP) is 5.00. The molecule has 3 aromatic rings. The Balaban J connectivity index is 1.75. The Bertz CT molecular complexity index is 991. The van der Waals surface area contributed by atoms with Crippen molar-refractivity contribution in [3.8, 4) is 5.75 Å². The maximum atomic E-state index is 13.0. The van der Waals surface area contributed by atoms with Gasteiger partial charge in [0.15, 0.2) is 0 Å². The van der Waals surface area contributed by atoms with Crippen LogP contribution in [0.2, 0.25) is 0 Å². The number of carbonyl (C=O) groups excluding carboxylic acids is 1. The van der Waals surface area contributed by atoms with Crippen molar-refractivity contribution in [1.82, 2.24) is 9.97 Å². The van der Waals surface area contributed by atoms with Crippen LogP contribution in [0.15, 0.2) is 60.7 Å². The number of nitrogens with zero attached hydrogens (tertiary/aromatic N) is 2. The quantitative estimate of drug-likeness (QED) is 0.452. The normalized spacial score (nSPS) is 11.6. The van der Waals surface area contributed by atoms with E-state index in [0.717, 1.165) is 17.1 Å². The van der Waals surface area contributed by atoms with E-state index in [4.69, 9.17) is 4.74 Å². The smallest absolute Gasteiger partial charge is 0.246 e. The number of benzene rings is 2. The first kappa shape index (κ1) is 22.1. The van der Waals surface area contributed by atoms with Gasteiger partial charge in [-0.3, -0.25) is 4.79 Å². The van der Waals surface area contributed by atoms with E-state index in [0.29, 0.717) is 29.8 Å². The van der Waals surface area contributed by atoms with E-state index in [1.807, 2.05) is 67.6 Å². The summed E-state index contributed by atoms with van der Waals surface area (Å²) in [6, 6.07) is 18.4. The van der Waals surface area contributed by atoms with E-state index in [-0.39, 0.29) is 5.91 Å². The first-order valence-electron chi connectivity index (χ1n) is 10.3. The number of carbonyl (C=O) groups is 1. The van der Waals surface area contributed by atoms with E-state index in [1.165, 1.54) is 0 Å². The van der Waals surface area contributed by atoms with Crippen LogP contribution in [0.25, 0.3) is 0 Å². The molecule has 2 aromatic carbocycles. The molecule has 3 rings (SSSR count). The summed E-state index contributed by atoms with van der Waals surface area (Å²) in [5, 5.41) is 9.47. The molecule has 7 heteroatoms. The minimum Gasteiger partial charge on any atom is -0.497 e. The number of aromatic nitrogens is 2. The van der Waals surface area contributed by atoms with Crippen LogP contribution in [-0.2, 0) is 4.79 Å². The number of aryl methyl sites for hydroxylation is 1. The van der Waals surface area contributed by atoms with E-state index in [2.05, 4.69) is 39.8 Å². The van der Waals surface area contributed by atoms with Gasteiger partial charge < -0.3 is 20.7 Å². The highest BCUT2D eigenvalue weighted by molar-refractivity contribution is 5.96. The fourth-order valence-corrected chi connectivity index (χ4v) is 3.13. The summed E-state index contributed by atoms with van der Waals surface area (Å²) < 4.78 is 5.17. The number of hydrogen-bond acceptors (Lipinski definition) is 6. The van der Waals surface area contributed by atoms with Crippen molar-refractivity contribution in [1.29, 1.82) is 0 Å². The molecule has 1 heterocycles. The topological polar surface area (TPSA) is 88.2 Å². The fraction of sp³-hybridized carbons (Fsp3) is 0.292. The molecular formula is C24H29N5O2. The molecule has 31 heavy (non-hydrogen) atoms. The van der Waals surface area contributed by atoms with Crippen LogP contribution in [0, 0.1) is 12.8 Å². The Morgan fingerprint density at radius 2 is 1.71 bits per heavy atom. The summed E-state index contributed by atoms with van der Waals surface area (Å²) in [6.45, 7) is 6.07. The van der Waals surface area contributed by atoms with E-state index < -0.39 is 6.04 Å². The van der Waals surface area contributed by atoms with Gasteiger partial charge in [0, 0.05) is 23.1 Å². The predicted molar refractivity (Wildman–Crippen MR) is 125 cm³/mol. The second-order valence-electron chi connectivity index (χ2n) is 7.75. The van der Waals surface area contributed by atoms with Crippen molar-refractivity contribution in [2.75, 3.05) is 23.1 Å². The third kappa shape index (κ3) is 6.70. The standard InChI is InChI=1S/C24H29N5O2/c1-16(2)14-21(23(30)26-19-10-12-20(31-4)13-11-19)28-22-15-17(3)25-24(29-22)27-18-8-6-5-7-9-18/h5-13,15-16,21H,14H2,1-4H3,(H,26,30)(H2,25,27,28,29)/t21-/m0/s1. The zero-order valence-electron chi connectivity index (χ0n) is 18.3. The van der Waals surface area contributed by atoms with Crippen molar-refractivity contribution < 1.29 is 9.53 Å². The zero-order valence-corrected chi connectivity index (χ0v) is 18.3.